The summed E-state index contributed by atoms with van der Waals surface area (Å²) in [6, 6.07) is 7.64. The van der Waals surface area contributed by atoms with Crippen LogP contribution in [0.5, 0.6) is 0 Å². The number of hydrogen-bond donors (Lipinski definition) is 3. The maximum atomic E-state index is 11.9. The van der Waals surface area contributed by atoms with Gasteiger partial charge in [0.2, 0.25) is 11.8 Å². The Bertz CT molecular complexity index is 498. The molecule has 0 bridgehead atoms. The Hall–Kier alpha value is -1.88. The lowest BCUT2D eigenvalue weighted by Crippen LogP contribution is -2.52. The second-order valence-corrected chi connectivity index (χ2v) is 5.45. The summed E-state index contributed by atoms with van der Waals surface area (Å²) in [6.07, 6.45) is 2.30. The summed E-state index contributed by atoms with van der Waals surface area (Å²) in [6.45, 7) is 5.61. The second-order valence-electron chi connectivity index (χ2n) is 5.45. The van der Waals surface area contributed by atoms with Gasteiger partial charge in [0.1, 0.15) is 0 Å². The zero-order valence-corrected chi connectivity index (χ0v) is 13.0. The first kappa shape index (κ1) is 17.2. The van der Waals surface area contributed by atoms with Crippen LogP contribution in [0, 0.1) is 0 Å². The van der Waals surface area contributed by atoms with Crippen molar-refractivity contribution in [3.8, 4) is 0 Å². The summed E-state index contributed by atoms with van der Waals surface area (Å²) in [5, 5.41) is 5.34. The van der Waals surface area contributed by atoms with Crippen LogP contribution >= 0.6 is 0 Å². The van der Waals surface area contributed by atoms with E-state index in [1.165, 1.54) is 0 Å². The number of hydrogen-bond acceptors (Lipinski definition) is 3. The van der Waals surface area contributed by atoms with Gasteiger partial charge in [-0.15, -0.1) is 0 Å². The monoisotopic (exact) mass is 291 g/mol. The first-order chi connectivity index (χ1) is 9.89. The Morgan fingerprint density at radius 2 is 2.00 bits per heavy atom. The quantitative estimate of drug-likeness (QED) is 0.716. The van der Waals surface area contributed by atoms with Gasteiger partial charge in [-0.3, -0.25) is 9.59 Å². The molecule has 4 N–H and O–H groups in total. The topological polar surface area (TPSA) is 84.2 Å². The first-order valence-electron chi connectivity index (χ1n) is 7.35. The third kappa shape index (κ3) is 5.55. The molecular formula is C16H25N3O2. The van der Waals surface area contributed by atoms with Crippen LogP contribution in [0.25, 0.3) is 0 Å². The largest absolute Gasteiger partial charge is 0.345 e. The van der Waals surface area contributed by atoms with Crippen LogP contribution in [-0.2, 0) is 16.0 Å². The molecule has 0 heterocycles. The smallest absolute Gasteiger partial charge is 0.243 e. The van der Waals surface area contributed by atoms with E-state index in [1.54, 1.807) is 6.92 Å². The molecule has 0 aliphatic carbocycles. The molecule has 0 spiro atoms. The summed E-state index contributed by atoms with van der Waals surface area (Å²) in [7, 11) is 0. The predicted octanol–water partition coefficient (Wildman–Crippen LogP) is 1.82. The lowest BCUT2D eigenvalue weighted by molar-refractivity contribution is -0.128. The van der Waals surface area contributed by atoms with E-state index in [1.807, 2.05) is 31.2 Å². The van der Waals surface area contributed by atoms with Crippen LogP contribution in [0.3, 0.4) is 0 Å². The van der Waals surface area contributed by atoms with E-state index in [0.717, 1.165) is 24.1 Å². The molecular weight excluding hydrogens is 266 g/mol. The van der Waals surface area contributed by atoms with Crippen LogP contribution in [0.2, 0.25) is 0 Å². The predicted molar refractivity (Wildman–Crippen MR) is 85.0 cm³/mol. The van der Waals surface area contributed by atoms with E-state index >= 15 is 0 Å². The molecule has 0 aromatic heterocycles. The van der Waals surface area contributed by atoms with Gasteiger partial charge in [-0.1, -0.05) is 32.4 Å². The van der Waals surface area contributed by atoms with Crippen molar-refractivity contribution in [2.45, 2.75) is 45.6 Å². The second kappa shape index (κ2) is 7.78. The van der Waals surface area contributed by atoms with Crippen molar-refractivity contribution in [2.24, 2.45) is 5.73 Å². The Labute approximate surface area is 126 Å². The number of carbonyl (C=O) groups excluding carboxylic acids is 2. The average molecular weight is 291 g/mol. The summed E-state index contributed by atoms with van der Waals surface area (Å²) >= 11 is 0. The molecule has 0 radical (unpaired) electrons. The summed E-state index contributed by atoms with van der Waals surface area (Å²) in [5.74, 6) is -0.564. The van der Waals surface area contributed by atoms with Crippen molar-refractivity contribution in [1.29, 1.82) is 0 Å². The summed E-state index contributed by atoms with van der Waals surface area (Å²) in [4.78, 5) is 23.7. The number of benzene rings is 1. The van der Waals surface area contributed by atoms with E-state index in [0.29, 0.717) is 6.42 Å². The SMILES string of the molecule is CCCC(C)(N)C(=O)NCC(=O)Nc1cccc(CC)c1. The lowest BCUT2D eigenvalue weighted by atomic mass is 9.96. The number of nitrogens with two attached hydrogens (primary N) is 1. The molecule has 5 heteroatoms. The highest BCUT2D eigenvalue weighted by atomic mass is 16.2. The maximum absolute atomic E-state index is 11.9. The van der Waals surface area contributed by atoms with Gasteiger partial charge >= 0.3 is 0 Å². The molecule has 0 saturated heterocycles. The van der Waals surface area contributed by atoms with Gasteiger partial charge in [0.25, 0.3) is 0 Å². The van der Waals surface area contributed by atoms with E-state index in [-0.39, 0.29) is 18.4 Å². The van der Waals surface area contributed by atoms with Crippen LogP contribution < -0.4 is 16.4 Å². The highest BCUT2D eigenvalue weighted by molar-refractivity contribution is 5.96. The van der Waals surface area contributed by atoms with Crippen LogP contribution in [0.4, 0.5) is 5.69 Å². The molecule has 5 nitrogen and oxygen atoms in total. The van der Waals surface area contributed by atoms with Crippen LogP contribution in [0.15, 0.2) is 24.3 Å². The first-order valence-corrected chi connectivity index (χ1v) is 7.35. The van der Waals surface area contributed by atoms with Crippen molar-refractivity contribution in [2.75, 3.05) is 11.9 Å². The highest BCUT2D eigenvalue weighted by Gasteiger charge is 2.27. The molecule has 0 aliphatic rings. The number of carbonyl (C=O) groups is 2. The van der Waals surface area contributed by atoms with E-state index in [9.17, 15) is 9.59 Å². The number of amides is 2. The summed E-state index contributed by atoms with van der Waals surface area (Å²) < 4.78 is 0. The molecule has 1 aromatic carbocycles. The fourth-order valence-electron chi connectivity index (χ4n) is 2.07. The minimum Gasteiger partial charge on any atom is -0.345 e. The molecule has 2 amide bonds. The summed E-state index contributed by atoms with van der Waals surface area (Å²) in [5.41, 5.74) is 6.85. The third-order valence-electron chi connectivity index (χ3n) is 3.32. The van der Waals surface area contributed by atoms with Crippen molar-refractivity contribution in [3.63, 3.8) is 0 Å². The Morgan fingerprint density at radius 3 is 2.62 bits per heavy atom. The van der Waals surface area contributed by atoms with E-state index in [4.69, 9.17) is 5.73 Å². The Balaban J connectivity index is 2.49. The molecule has 0 saturated carbocycles. The minimum atomic E-state index is -0.933. The van der Waals surface area contributed by atoms with Crippen molar-refractivity contribution < 1.29 is 9.59 Å². The fraction of sp³-hybridized carbons (Fsp3) is 0.500. The van der Waals surface area contributed by atoms with Gasteiger partial charge in [-0.05, 0) is 37.5 Å². The molecule has 1 unspecified atom stereocenters. The molecule has 1 aromatic rings. The number of aryl methyl sites for hydroxylation is 1. The van der Waals surface area contributed by atoms with Gasteiger partial charge in [-0.25, -0.2) is 0 Å². The zero-order valence-electron chi connectivity index (χ0n) is 13.0. The molecule has 21 heavy (non-hydrogen) atoms. The van der Waals surface area contributed by atoms with Gasteiger partial charge in [0.15, 0.2) is 0 Å². The number of nitrogens with one attached hydrogen (secondary N) is 2. The Kier molecular flexibility index (Phi) is 6.37. The zero-order chi connectivity index (χ0) is 15.9. The standard InChI is InChI=1S/C16H25N3O2/c1-4-9-16(3,17)15(21)18-11-14(20)19-13-8-6-7-12(5-2)10-13/h6-8,10H,4-5,9,11,17H2,1-3H3,(H,18,21)(H,19,20). The van der Waals surface area contributed by atoms with Gasteiger partial charge in [-0.2, -0.15) is 0 Å². The molecule has 116 valence electrons. The molecule has 0 aliphatic heterocycles. The lowest BCUT2D eigenvalue weighted by Gasteiger charge is -2.22. The molecule has 1 rings (SSSR count). The third-order valence-corrected chi connectivity index (χ3v) is 3.32. The van der Waals surface area contributed by atoms with Crippen molar-refractivity contribution >= 4 is 17.5 Å². The van der Waals surface area contributed by atoms with Crippen molar-refractivity contribution in [1.82, 2.24) is 5.32 Å². The Morgan fingerprint density at radius 1 is 1.29 bits per heavy atom. The van der Waals surface area contributed by atoms with E-state index in [2.05, 4.69) is 17.6 Å². The number of rotatable bonds is 7. The maximum Gasteiger partial charge on any atom is 0.243 e. The highest BCUT2D eigenvalue weighted by Crippen LogP contribution is 2.11. The van der Waals surface area contributed by atoms with Gasteiger partial charge in [0.05, 0.1) is 12.1 Å². The number of anilines is 1. The molecule has 0 fully saturated rings. The normalized spacial score (nSPS) is 13.3. The van der Waals surface area contributed by atoms with E-state index < -0.39 is 5.54 Å². The van der Waals surface area contributed by atoms with Gasteiger partial charge < -0.3 is 16.4 Å². The van der Waals surface area contributed by atoms with Crippen molar-refractivity contribution in [3.05, 3.63) is 29.8 Å². The minimum absolute atomic E-state index is 0.0777. The molecule has 1 atom stereocenters. The fourth-order valence-corrected chi connectivity index (χ4v) is 2.07. The van der Waals surface area contributed by atoms with Crippen LogP contribution in [0.1, 0.15) is 39.2 Å². The van der Waals surface area contributed by atoms with Gasteiger partial charge in [0, 0.05) is 5.69 Å². The average Bonchev–Trinajstić information content (AvgIpc) is 2.44. The van der Waals surface area contributed by atoms with Crippen LogP contribution in [-0.4, -0.2) is 23.9 Å².